The third kappa shape index (κ3) is 4.26. The van der Waals surface area contributed by atoms with Crippen LogP contribution in [0.5, 0.6) is 0 Å². The lowest BCUT2D eigenvalue weighted by Crippen LogP contribution is -2.19. The van der Waals surface area contributed by atoms with Crippen LogP contribution >= 0.6 is 0 Å². The molecule has 1 rings (SSSR count). The van der Waals surface area contributed by atoms with Gasteiger partial charge in [0.25, 0.3) is 0 Å². The van der Waals surface area contributed by atoms with Gasteiger partial charge in [-0.15, -0.1) is 0 Å². The van der Waals surface area contributed by atoms with Crippen LogP contribution in [0, 0.1) is 11.8 Å². The molecule has 0 amide bonds. The summed E-state index contributed by atoms with van der Waals surface area (Å²) in [4.78, 5) is 0. The second-order valence-electron chi connectivity index (χ2n) is 4.90. The zero-order chi connectivity index (χ0) is 12.0. The summed E-state index contributed by atoms with van der Waals surface area (Å²) in [5, 5.41) is 0. The summed E-state index contributed by atoms with van der Waals surface area (Å²) in [6, 6.07) is 0. The molecule has 0 heterocycles. The molecule has 0 N–H and O–H groups in total. The Morgan fingerprint density at radius 1 is 1.31 bits per heavy atom. The van der Waals surface area contributed by atoms with Crippen molar-refractivity contribution in [2.45, 2.75) is 46.6 Å². The standard InChI is InChI=1S/C15H24O/c1-5-14(11-10-12(2)3)16-15-9-7-6-8-13(15)4/h5-9,12-13,15H,10-11H2,1-4H3/b14-5+. The molecule has 0 radical (unpaired) electrons. The van der Waals surface area contributed by atoms with Crippen molar-refractivity contribution in [1.82, 2.24) is 0 Å². The molecule has 0 saturated heterocycles. The number of ether oxygens (including phenoxy) is 1. The first-order valence-electron chi connectivity index (χ1n) is 6.30. The summed E-state index contributed by atoms with van der Waals surface area (Å²) in [6.45, 7) is 8.75. The molecule has 90 valence electrons. The molecule has 2 unspecified atom stereocenters. The number of rotatable bonds is 5. The van der Waals surface area contributed by atoms with Gasteiger partial charge in [0.15, 0.2) is 0 Å². The van der Waals surface area contributed by atoms with Crippen LogP contribution in [0.1, 0.15) is 40.5 Å². The van der Waals surface area contributed by atoms with E-state index in [2.05, 4.69) is 58.1 Å². The van der Waals surface area contributed by atoms with Crippen molar-refractivity contribution in [3.63, 3.8) is 0 Å². The van der Waals surface area contributed by atoms with Crippen molar-refractivity contribution < 1.29 is 4.74 Å². The summed E-state index contributed by atoms with van der Waals surface area (Å²) >= 11 is 0. The van der Waals surface area contributed by atoms with Crippen LogP contribution in [0.15, 0.2) is 36.1 Å². The lowest BCUT2D eigenvalue weighted by atomic mass is 9.99. The van der Waals surface area contributed by atoms with Gasteiger partial charge in [-0.25, -0.2) is 0 Å². The van der Waals surface area contributed by atoms with Crippen molar-refractivity contribution in [3.8, 4) is 0 Å². The first kappa shape index (κ1) is 13.1. The molecule has 16 heavy (non-hydrogen) atoms. The summed E-state index contributed by atoms with van der Waals surface area (Å²) < 4.78 is 6.03. The quantitative estimate of drug-likeness (QED) is 0.621. The minimum atomic E-state index is 0.211. The molecule has 0 aromatic heterocycles. The second-order valence-corrected chi connectivity index (χ2v) is 4.90. The van der Waals surface area contributed by atoms with E-state index in [1.165, 1.54) is 6.42 Å². The maximum atomic E-state index is 6.03. The normalized spacial score (nSPS) is 25.2. The Morgan fingerprint density at radius 2 is 2.00 bits per heavy atom. The molecule has 1 nitrogen and oxygen atoms in total. The fraction of sp³-hybridized carbons (Fsp3) is 0.600. The third-order valence-electron chi connectivity index (χ3n) is 2.92. The molecule has 2 atom stereocenters. The highest BCUT2D eigenvalue weighted by Gasteiger charge is 2.16. The fourth-order valence-electron chi connectivity index (χ4n) is 1.72. The number of allylic oxidation sites excluding steroid dienone is 4. The van der Waals surface area contributed by atoms with E-state index in [-0.39, 0.29) is 6.10 Å². The van der Waals surface area contributed by atoms with Gasteiger partial charge >= 0.3 is 0 Å². The Balaban J connectivity index is 2.44. The van der Waals surface area contributed by atoms with Crippen LogP contribution in [-0.2, 0) is 4.74 Å². The maximum absolute atomic E-state index is 6.03. The van der Waals surface area contributed by atoms with Gasteiger partial charge in [-0.3, -0.25) is 0 Å². The van der Waals surface area contributed by atoms with Crippen molar-refractivity contribution >= 4 is 0 Å². The lowest BCUT2D eigenvalue weighted by molar-refractivity contribution is 0.115. The van der Waals surface area contributed by atoms with Gasteiger partial charge in [-0.1, -0.05) is 39.0 Å². The lowest BCUT2D eigenvalue weighted by Gasteiger charge is -2.24. The average Bonchev–Trinajstić information content (AvgIpc) is 2.26. The van der Waals surface area contributed by atoms with E-state index in [0.29, 0.717) is 5.92 Å². The zero-order valence-corrected chi connectivity index (χ0v) is 10.9. The molecule has 0 spiro atoms. The highest BCUT2D eigenvalue weighted by atomic mass is 16.5. The molecule has 1 heteroatoms. The fourth-order valence-corrected chi connectivity index (χ4v) is 1.72. The zero-order valence-electron chi connectivity index (χ0n) is 10.9. The Kier molecular flexibility index (Phi) is 5.37. The summed E-state index contributed by atoms with van der Waals surface area (Å²) in [5.41, 5.74) is 0. The first-order valence-corrected chi connectivity index (χ1v) is 6.30. The first-order chi connectivity index (χ1) is 7.63. The molecular weight excluding hydrogens is 196 g/mol. The summed E-state index contributed by atoms with van der Waals surface area (Å²) in [5.74, 6) is 2.34. The molecular formula is C15H24O. The van der Waals surface area contributed by atoms with Crippen molar-refractivity contribution in [1.29, 1.82) is 0 Å². The molecule has 0 aromatic carbocycles. The Morgan fingerprint density at radius 3 is 2.56 bits per heavy atom. The highest BCUT2D eigenvalue weighted by molar-refractivity contribution is 5.15. The molecule has 0 aromatic rings. The minimum Gasteiger partial charge on any atom is -0.490 e. The molecule has 1 aliphatic carbocycles. The molecule has 0 aliphatic heterocycles. The van der Waals surface area contributed by atoms with E-state index in [4.69, 9.17) is 4.74 Å². The van der Waals surface area contributed by atoms with Gasteiger partial charge in [0, 0.05) is 12.3 Å². The van der Waals surface area contributed by atoms with Crippen LogP contribution in [0.2, 0.25) is 0 Å². The Labute approximate surface area is 99.9 Å². The molecule has 1 aliphatic rings. The Bertz CT molecular complexity index is 284. The summed E-state index contributed by atoms with van der Waals surface area (Å²) in [6.07, 6.45) is 13.1. The second kappa shape index (κ2) is 6.57. The van der Waals surface area contributed by atoms with E-state index < -0.39 is 0 Å². The van der Waals surface area contributed by atoms with E-state index in [9.17, 15) is 0 Å². The van der Waals surface area contributed by atoms with E-state index >= 15 is 0 Å². The molecule has 0 saturated carbocycles. The van der Waals surface area contributed by atoms with E-state index in [1.54, 1.807) is 0 Å². The van der Waals surface area contributed by atoms with Gasteiger partial charge in [0.1, 0.15) is 6.10 Å². The minimum absolute atomic E-state index is 0.211. The predicted molar refractivity (Wildman–Crippen MR) is 70.1 cm³/mol. The highest BCUT2D eigenvalue weighted by Crippen LogP contribution is 2.21. The van der Waals surface area contributed by atoms with Gasteiger partial charge in [-0.05, 0) is 31.4 Å². The smallest absolute Gasteiger partial charge is 0.123 e. The monoisotopic (exact) mass is 220 g/mol. The number of hydrogen-bond donors (Lipinski definition) is 0. The number of hydrogen-bond acceptors (Lipinski definition) is 1. The van der Waals surface area contributed by atoms with Gasteiger partial charge in [0.2, 0.25) is 0 Å². The molecule has 0 bridgehead atoms. The average molecular weight is 220 g/mol. The van der Waals surface area contributed by atoms with E-state index in [0.717, 1.165) is 18.1 Å². The largest absolute Gasteiger partial charge is 0.490 e. The maximum Gasteiger partial charge on any atom is 0.123 e. The third-order valence-corrected chi connectivity index (χ3v) is 2.92. The van der Waals surface area contributed by atoms with Gasteiger partial charge in [0.05, 0.1) is 5.76 Å². The topological polar surface area (TPSA) is 9.23 Å². The Hall–Kier alpha value is -0.980. The summed E-state index contributed by atoms with van der Waals surface area (Å²) in [7, 11) is 0. The van der Waals surface area contributed by atoms with Crippen LogP contribution in [-0.4, -0.2) is 6.10 Å². The van der Waals surface area contributed by atoms with Crippen LogP contribution in [0.3, 0.4) is 0 Å². The SMILES string of the molecule is C/C=C(\CCC(C)C)OC1C=CC=CC1C. The van der Waals surface area contributed by atoms with Crippen LogP contribution in [0.25, 0.3) is 0 Å². The van der Waals surface area contributed by atoms with E-state index in [1.807, 2.05) is 0 Å². The van der Waals surface area contributed by atoms with Crippen LogP contribution in [0.4, 0.5) is 0 Å². The van der Waals surface area contributed by atoms with Crippen molar-refractivity contribution in [3.05, 3.63) is 36.1 Å². The van der Waals surface area contributed by atoms with Crippen molar-refractivity contribution in [2.24, 2.45) is 11.8 Å². The predicted octanol–water partition coefficient (Wildman–Crippen LogP) is 4.47. The van der Waals surface area contributed by atoms with Crippen LogP contribution < -0.4 is 0 Å². The van der Waals surface area contributed by atoms with Gasteiger partial charge in [-0.2, -0.15) is 0 Å². The molecule has 0 fully saturated rings. The van der Waals surface area contributed by atoms with Gasteiger partial charge < -0.3 is 4.74 Å². The van der Waals surface area contributed by atoms with Crippen molar-refractivity contribution in [2.75, 3.05) is 0 Å².